The van der Waals surface area contributed by atoms with Gasteiger partial charge in [-0.3, -0.25) is 19.7 Å². The maximum atomic E-state index is 12.7. The number of aromatic hydroxyl groups is 1. The van der Waals surface area contributed by atoms with Crippen molar-refractivity contribution in [1.82, 2.24) is 0 Å². The van der Waals surface area contributed by atoms with Gasteiger partial charge < -0.3 is 9.52 Å². The van der Waals surface area contributed by atoms with E-state index in [2.05, 4.69) is 0 Å². The van der Waals surface area contributed by atoms with Crippen LogP contribution in [-0.4, -0.2) is 21.2 Å². The second-order valence-electron chi connectivity index (χ2n) is 6.16. The Morgan fingerprint density at radius 2 is 1.93 bits per heavy atom. The van der Waals surface area contributed by atoms with Crippen LogP contribution >= 0.6 is 23.4 Å². The fourth-order valence-electron chi connectivity index (χ4n) is 2.84. The minimum Gasteiger partial charge on any atom is -0.508 e. The van der Waals surface area contributed by atoms with Crippen LogP contribution in [0.3, 0.4) is 0 Å². The first kappa shape index (κ1) is 19.7. The molecule has 0 spiro atoms. The van der Waals surface area contributed by atoms with E-state index in [0.29, 0.717) is 17.1 Å². The summed E-state index contributed by atoms with van der Waals surface area (Å²) in [6.07, 6.45) is 1.43. The van der Waals surface area contributed by atoms with Gasteiger partial charge in [-0.2, -0.15) is 0 Å². The van der Waals surface area contributed by atoms with Gasteiger partial charge in [-0.05, 0) is 42.1 Å². The molecular formula is C20H11ClN2O6S. The average molecular weight is 443 g/mol. The summed E-state index contributed by atoms with van der Waals surface area (Å²) in [5.41, 5.74) is 0.574. The molecule has 2 amide bonds. The number of hydrogen-bond donors (Lipinski definition) is 1. The number of phenolic OH excluding ortho intramolecular Hbond substituents is 1. The maximum Gasteiger partial charge on any atom is 0.298 e. The summed E-state index contributed by atoms with van der Waals surface area (Å²) in [6.45, 7) is 0. The number of nitrogens with zero attached hydrogens (tertiary/aromatic N) is 2. The van der Waals surface area contributed by atoms with Gasteiger partial charge >= 0.3 is 0 Å². The Bertz CT molecular complexity index is 1240. The first-order chi connectivity index (χ1) is 14.3. The Balaban J connectivity index is 1.61. The van der Waals surface area contributed by atoms with Crippen molar-refractivity contribution in [2.24, 2.45) is 0 Å². The number of rotatable bonds is 4. The number of nitro groups is 1. The third kappa shape index (κ3) is 3.68. The molecule has 0 saturated carbocycles. The Kier molecular flexibility index (Phi) is 5.06. The van der Waals surface area contributed by atoms with Gasteiger partial charge in [-0.1, -0.05) is 17.7 Å². The Hall–Kier alpha value is -3.56. The molecule has 150 valence electrons. The van der Waals surface area contributed by atoms with E-state index in [1.807, 2.05) is 0 Å². The zero-order chi connectivity index (χ0) is 21.4. The molecule has 4 rings (SSSR count). The van der Waals surface area contributed by atoms with Gasteiger partial charge in [0.05, 0.1) is 20.5 Å². The number of nitro benzene ring substituents is 1. The second kappa shape index (κ2) is 7.69. The van der Waals surface area contributed by atoms with Gasteiger partial charge in [-0.15, -0.1) is 0 Å². The number of carbonyl (C=O) groups excluding carboxylic acids is 2. The van der Waals surface area contributed by atoms with Gasteiger partial charge in [0.1, 0.15) is 17.3 Å². The average Bonchev–Trinajstić information content (AvgIpc) is 3.26. The molecule has 1 N–H and O–H groups in total. The van der Waals surface area contributed by atoms with Crippen LogP contribution in [0, 0.1) is 10.1 Å². The zero-order valence-electron chi connectivity index (χ0n) is 14.9. The molecule has 1 aliphatic heterocycles. The van der Waals surface area contributed by atoms with E-state index >= 15 is 0 Å². The Labute approximate surface area is 178 Å². The minimum absolute atomic E-state index is 0.0637. The van der Waals surface area contributed by atoms with Crippen molar-refractivity contribution in [3.63, 3.8) is 0 Å². The number of non-ortho nitro benzene ring substituents is 1. The highest BCUT2D eigenvalue weighted by Crippen LogP contribution is 2.38. The minimum atomic E-state index is -0.550. The van der Waals surface area contributed by atoms with Crippen LogP contribution < -0.4 is 4.90 Å². The van der Waals surface area contributed by atoms with Gasteiger partial charge in [-0.25, -0.2) is 4.90 Å². The molecule has 0 bridgehead atoms. The van der Waals surface area contributed by atoms with Crippen molar-refractivity contribution in [3.05, 3.63) is 80.4 Å². The molecule has 0 unspecified atom stereocenters. The second-order valence-corrected chi connectivity index (χ2v) is 7.56. The van der Waals surface area contributed by atoms with Crippen LogP contribution in [-0.2, 0) is 4.79 Å². The molecule has 3 aromatic rings. The highest BCUT2D eigenvalue weighted by molar-refractivity contribution is 8.19. The SMILES string of the molecule is O=C1SC(=Cc2ccc(-c3ccc([N+](=O)[O-])cc3Cl)o2)C(=O)N1c1cccc(O)c1. The molecule has 30 heavy (non-hydrogen) atoms. The number of carbonyl (C=O) groups is 2. The summed E-state index contributed by atoms with van der Waals surface area (Å²) in [7, 11) is 0. The molecule has 8 nitrogen and oxygen atoms in total. The molecule has 0 radical (unpaired) electrons. The fraction of sp³-hybridized carbons (Fsp3) is 0. The van der Waals surface area contributed by atoms with E-state index in [4.69, 9.17) is 16.0 Å². The van der Waals surface area contributed by atoms with E-state index < -0.39 is 16.1 Å². The van der Waals surface area contributed by atoms with Crippen molar-refractivity contribution >= 4 is 52.0 Å². The van der Waals surface area contributed by atoms with Crippen LogP contribution in [0.5, 0.6) is 5.75 Å². The van der Waals surface area contributed by atoms with Crippen LogP contribution in [0.2, 0.25) is 5.02 Å². The third-order valence-corrected chi connectivity index (χ3v) is 5.39. The van der Waals surface area contributed by atoms with Crippen molar-refractivity contribution in [2.75, 3.05) is 4.90 Å². The largest absolute Gasteiger partial charge is 0.508 e. The van der Waals surface area contributed by atoms with Gasteiger partial charge in [0, 0.05) is 29.8 Å². The normalized spacial score (nSPS) is 15.2. The Morgan fingerprint density at radius 1 is 1.13 bits per heavy atom. The molecule has 0 atom stereocenters. The standard InChI is InChI=1S/C20H11ClN2O6S/c21-16-9-12(23(27)28)4-6-15(16)17-7-5-14(29-17)10-18-19(25)22(20(26)30-18)11-2-1-3-13(24)8-11/h1-10,24H. The first-order valence-electron chi connectivity index (χ1n) is 8.44. The lowest BCUT2D eigenvalue weighted by Gasteiger charge is -2.12. The van der Waals surface area contributed by atoms with Gasteiger partial charge in [0.15, 0.2) is 0 Å². The number of furan rings is 1. The molecule has 0 aliphatic carbocycles. The lowest BCUT2D eigenvalue weighted by atomic mass is 10.1. The summed E-state index contributed by atoms with van der Waals surface area (Å²) in [4.78, 5) is 36.4. The monoisotopic (exact) mass is 442 g/mol. The quantitative estimate of drug-likeness (QED) is 0.324. The maximum absolute atomic E-state index is 12.7. The lowest BCUT2D eigenvalue weighted by Crippen LogP contribution is -2.27. The zero-order valence-corrected chi connectivity index (χ0v) is 16.5. The summed E-state index contributed by atoms with van der Waals surface area (Å²) in [5, 5.41) is 20.1. The number of imide groups is 1. The number of benzene rings is 2. The molecular weight excluding hydrogens is 432 g/mol. The van der Waals surface area contributed by atoms with Crippen molar-refractivity contribution in [3.8, 4) is 17.1 Å². The van der Waals surface area contributed by atoms with E-state index in [1.54, 1.807) is 18.2 Å². The van der Waals surface area contributed by atoms with E-state index in [-0.39, 0.29) is 27.1 Å². The summed E-state index contributed by atoms with van der Waals surface area (Å²) in [6, 6.07) is 13.0. The summed E-state index contributed by atoms with van der Waals surface area (Å²) < 4.78 is 5.69. The summed E-state index contributed by atoms with van der Waals surface area (Å²) in [5.74, 6) is 0.0577. The number of thioether (sulfide) groups is 1. The highest BCUT2D eigenvalue weighted by Gasteiger charge is 2.36. The Morgan fingerprint density at radius 3 is 2.63 bits per heavy atom. The predicted molar refractivity (Wildman–Crippen MR) is 112 cm³/mol. The molecule has 2 aromatic carbocycles. The van der Waals surface area contributed by atoms with Crippen molar-refractivity contribution in [2.45, 2.75) is 0 Å². The molecule has 10 heteroatoms. The van der Waals surface area contributed by atoms with Gasteiger partial charge in [0.25, 0.3) is 16.8 Å². The van der Waals surface area contributed by atoms with E-state index in [1.165, 1.54) is 42.5 Å². The molecule has 1 saturated heterocycles. The molecule has 2 heterocycles. The lowest BCUT2D eigenvalue weighted by molar-refractivity contribution is -0.384. The van der Waals surface area contributed by atoms with Crippen molar-refractivity contribution < 1.29 is 24.0 Å². The number of anilines is 1. The third-order valence-electron chi connectivity index (χ3n) is 4.21. The predicted octanol–water partition coefficient (Wildman–Crippen LogP) is 5.45. The molecule has 1 aliphatic rings. The van der Waals surface area contributed by atoms with Crippen molar-refractivity contribution in [1.29, 1.82) is 0 Å². The highest BCUT2D eigenvalue weighted by atomic mass is 35.5. The topological polar surface area (TPSA) is 114 Å². The van der Waals surface area contributed by atoms with Crippen LogP contribution in [0.15, 0.2) is 63.9 Å². The smallest absolute Gasteiger partial charge is 0.298 e. The van der Waals surface area contributed by atoms with Gasteiger partial charge in [0.2, 0.25) is 0 Å². The van der Waals surface area contributed by atoms with E-state index in [9.17, 15) is 24.8 Å². The number of halogens is 1. The number of amides is 2. The van der Waals surface area contributed by atoms with Crippen LogP contribution in [0.25, 0.3) is 17.4 Å². The number of hydrogen-bond acceptors (Lipinski definition) is 7. The molecule has 1 fully saturated rings. The fourth-order valence-corrected chi connectivity index (χ4v) is 3.93. The molecule has 1 aromatic heterocycles. The van der Waals surface area contributed by atoms with Crippen LogP contribution in [0.4, 0.5) is 16.2 Å². The van der Waals surface area contributed by atoms with E-state index in [0.717, 1.165) is 16.7 Å². The van der Waals surface area contributed by atoms with Crippen LogP contribution in [0.1, 0.15) is 5.76 Å². The number of phenols is 1. The first-order valence-corrected chi connectivity index (χ1v) is 9.64. The summed E-state index contributed by atoms with van der Waals surface area (Å²) >= 11 is 6.87.